The number of rotatable bonds is 1. The first-order valence-corrected chi connectivity index (χ1v) is 3.08. The molecule has 0 aliphatic heterocycles. The fourth-order valence-electron chi connectivity index (χ4n) is 0.720. The van der Waals surface area contributed by atoms with Gasteiger partial charge in [0.2, 0.25) is 0 Å². The van der Waals surface area contributed by atoms with Crippen LogP contribution in [0, 0.1) is 0 Å². The van der Waals surface area contributed by atoms with E-state index in [0.717, 1.165) is 12.1 Å². The molecule has 0 amide bonds. The van der Waals surface area contributed by atoms with Gasteiger partial charge in [0.1, 0.15) is 5.82 Å². The number of nitrogens with one attached hydrogen (secondary N) is 1. The average molecular weight is 139 g/mol. The van der Waals surface area contributed by atoms with Gasteiger partial charge in [-0.2, -0.15) is 4.98 Å². The summed E-state index contributed by atoms with van der Waals surface area (Å²) in [5, 5.41) is 0. The Kier molecular flexibility index (Phi) is 1.71. The second-order valence-corrected chi connectivity index (χ2v) is 1.99. The zero-order valence-corrected chi connectivity index (χ0v) is 5.72. The Labute approximate surface area is 58.1 Å². The molecule has 54 valence electrons. The molecule has 0 saturated heterocycles. The predicted octanol–water partition coefficient (Wildman–Crippen LogP) is -0.0855. The molecular formula is C6H9N3O. The van der Waals surface area contributed by atoms with Crippen LogP contribution in [0.3, 0.4) is 0 Å². The van der Waals surface area contributed by atoms with Gasteiger partial charge in [-0.05, 0) is 12.5 Å². The molecule has 4 heteroatoms. The normalized spacial score (nSPS) is 9.70. The summed E-state index contributed by atoms with van der Waals surface area (Å²) >= 11 is 0. The first-order valence-electron chi connectivity index (χ1n) is 3.08. The Morgan fingerprint density at radius 1 is 1.80 bits per heavy atom. The highest BCUT2D eigenvalue weighted by atomic mass is 16.1. The van der Waals surface area contributed by atoms with Gasteiger partial charge in [0.05, 0.1) is 0 Å². The van der Waals surface area contributed by atoms with Crippen molar-refractivity contribution in [3.63, 3.8) is 0 Å². The van der Waals surface area contributed by atoms with E-state index in [1.807, 2.05) is 6.92 Å². The molecule has 0 aliphatic rings. The van der Waals surface area contributed by atoms with Crippen LogP contribution < -0.4 is 11.4 Å². The minimum Gasteiger partial charge on any atom is -0.383 e. The maximum absolute atomic E-state index is 10.6. The third kappa shape index (κ3) is 1.34. The van der Waals surface area contributed by atoms with Crippen LogP contribution in [0.25, 0.3) is 0 Å². The van der Waals surface area contributed by atoms with Crippen LogP contribution in [0.2, 0.25) is 0 Å². The molecule has 0 fully saturated rings. The van der Waals surface area contributed by atoms with Crippen molar-refractivity contribution in [3.05, 3.63) is 22.2 Å². The Morgan fingerprint density at radius 3 is 3.00 bits per heavy atom. The first-order chi connectivity index (χ1) is 4.72. The molecule has 0 saturated carbocycles. The number of nitrogens with zero attached hydrogens (tertiary/aromatic N) is 1. The van der Waals surface area contributed by atoms with Crippen molar-refractivity contribution in [2.45, 2.75) is 13.3 Å². The van der Waals surface area contributed by atoms with Gasteiger partial charge in [-0.1, -0.05) is 6.92 Å². The highest BCUT2D eigenvalue weighted by Gasteiger charge is 1.92. The second-order valence-electron chi connectivity index (χ2n) is 1.99. The number of nitrogens with two attached hydrogens (primary N) is 1. The first kappa shape index (κ1) is 6.80. The van der Waals surface area contributed by atoms with Crippen LogP contribution in [0.1, 0.15) is 12.6 Å². The van der Waals surface area contributed by atoms with E-state index >= 15 is 0 Å². The molecule has 0 aromatic carbocycles. The third-order valence-corrected chi connectivity index (χ3v) is 1.20. The van der Waals surface area contributed by atoms with Gasteiger partial charge in [0, 0.05) is 5.69 Å². The molecule has 0 atom stereocenters. The molecule has 0 bridgehead atoms. The van der Waals surface area contributed by atoms with E-state index in [1.165, 1.54) is 0 Å². The quantitative estimate of drug-likeness (QED) is 0.571. The van der Waals surface area contributed by atoms with E-state index in [9.17, 15) is 4.79 Å². The summed E-state index contributed by atoms with van der Waals surface area (Å²) in [7, 11) is 0. The van der Waals surface area contributed by atoms with Crippen molar-refractivity contribution in [1.29, 1.82) is 0 Å². The van der Waals surface area contributed by atoms with Crippen molar-refractivity contribution < 1.29 is 0 Å². The minimum atomic E-state index is -0.378. The Bertz CT molecular complexity index is 279. The van der Waals surface area contributed by atoms with Crippen LogP contribution in [0.4, 0.5) is 5.82 Å². The van der Waals surface area contributed by atoms with Gasteiger partial charge in [-0.15, -0.1) is 0 Å². The van der Waals surface area contributed by atoms with Gasteiger partial charge in [-0.25, -0.2) is 4.79 Å². The Hall–Kier alpha value is -1.32. The van der Waals surface area contributed by atoms with E-state index in [1.54, 1.807) is 6.07 Å². The SMILES string of the molecule is CCc1cc(N)nc(=O)[nH]1. The number of H-pyrrole nitrogens is 1. The predicted molar refractivity (Wildman–Crippen MR) is 38.6 cm³/mol. The highest BCUT2D eigenvalue weighted by Crippen LogP contribution is 1.95. The van der Waals surface area contributed by atoms with E-state index in [2.05, 4.69) is 9.97 Å². The van der Waals surface area contributed by atoms with Gasteiger partial charge in [0.25, 0.3) is 0 Å². The lowest BCUT2D eigenvalue weighted by Crippen LogP contribution is -2.14. The summed E-state index contributed by atoms with van der Waals surface area (Å²) in [6, 6.07) is 1.65. The smallest absolute Gasteiger partial charge is 0.347 e. The van der Waals surface area contributed by atoms with Crippen molar-refractivity contribution in [2.24, 2.45) is 0 Å². The molecule has 0 unspecified atom stereocenters. The topological polar surface area (TPSA) is 71.8 Å². The number of nitrogen functional groups attached to an aromatic ring is 1. The summed E-state index contributed by atoms with van der Waals surface area (Å²) in [5.74, 6) is 0.278. The van der Waals surface area contributed by atoms with Gasteiger partial charge >= 0.3 is 5.69 Å². The molecule has 1 rings (SSSR count). The molecule has 1 heterocycles. The van der Waals surface area contributed by atoms with Gasteiger partial charge < -0.3 is 10.7 Å². The Morgan fingerprint density at radius 2 is 2.50 bits per heavy atom. The van der Waals surface area contributed by atoms with Crippen LogP contribution >= 0.6 is 0 Å². The molecule has 1 aromatic heterocycles. The second kappa shape index (κ2) is 2.51. The zero-order valence-electron chi connectivity index (χ0n) is 5.72. The molecule has 4 nitrogen and oxygen atoms in total. The maximum atomic E-state index is 10.6. The summed E-state index contributed by atoms with van der Waals surface area (Å²) in [5.41, 5.74) is 5.74. The lowest BCUT2D eigenvalue weighted by Gasteiger charge is -1.94. The number of aryl methyl sites for hydroxylation is 1. The van der Waals surface area contributed by atoms with Gasteiger partial charge in [0.15, 0.2) is 0 Å². The van der Waals surface area contributed by atoms with Crippen LogP contribution in [-0.2, 0) is 6.42 Å². The molecule has 10 heavy (non-hydrogen) atoms. The van der Waals surface area contributed by atoms with Crippen molar-refractivity contribution in [3.8, 4) is 0 Å². The minimum absolute atomic E-state index is 0.278. The fraction of sp³-hybridized carbons (Fsp3) is 0.333. The lowest BCUT2D eigenvalue weighted by atomic mass is 10.3. The molecule has 3 N–H and O–H groups in total. The van der Waals surface area contributed by atoms with E-state index in [4.69, 9.17) is 5.73 Å². The number of anilines is 1. The zero-order chi connectivity index (χ0) is 7.56. The van der Waals surface area contributed by atoms with E-state index < -0.39 is 0 Å². The third-order valence-electron chi connectivity index (χ3n) is 1.20. The molecular weight excluding hydrogens is 130 g/mol. The summed E-state index contributed by atoms with van der Waals surface area (Å²) in [6.45, 7) is 1.94. The monoisotopic (exact) mass is 139 g/mol. The van der Waals surface area contributed by atoms with Crippen LogP contribution in [0.15, 0.2) is 10.9 Å². The molecule has 1 aromatic rings. The average Bonchev–Trinajstić information content (AvgIpc) is 1.85. The molecule has 0 radical (unpaired) electrons. The Balaban J connectivity index is 3.19. The van der Waals surface area contributed by atoms with E-state index in [0.29, 0.717) is 0 Å². The van der Waals surface area contributed by atoms with Crippen molar-refractivity contribution in [1.82, 2.24) is 9.97 Å². The summed E-state index contributed by atoms with van der Waals surface area (Å²) < 4.78 is 0. The highest BCUT2D eigenvalue weighted by molar-refractivity contribution is 5.27. The number of hydrogen-bond acceptors (Lipinski definition) is 3. The van der Waals surface area contributed by atoms with E-state index in [-0.39, 0.29) is 11.5 Å². The van der Waals surface area contributed by atoms with Crippen molar-refractivity contribution in [2.75, 3.05) is 5.73 Å². The van der Waals surface area contributed by atoms with Crippen LogP contribution in [-0.4, -0.2) is 9.97 Å². The maximum Gasteiger partial charge on any atom is 0.347 e. The van der Waals surface area contributed by atoms with Gasteiger partial charge in [-0.3, -0.25) is 0 Å². The summed E-state index contributed by atoms with van der Waals surface area (Å²) in [6.07, 6.45) is 0.766. The lowest BCUT2D eigenvalue weighted by molar-refractivity contribution is 0.962. The van der Waals surface area contributed by atoms with Crippen LogP contribution in [0.5, 0.6) is 0 Å². The van der Waals surface area contributed by atoms with Crippen molar-refractivity contribution >= 4 is 5.82 Å². The number of hydrogen-bond donors (Lipinski definition) is 2. The molecule has 0 aliphatic carbocycles. The molecule has 0 spiro atoms. The number of aromatic nitrogens is 2. The fourth-order valence-corrected chi connectivity index (χ4v) is 0.720. The summed E-state index contributed by atoms with van der Waals surface area (Å²) in [4.78, 5) is 16.6. The number of aromatic amines is 1. The largest absolute Gasteiger partial charge is 0.383 e. The standard InChI is InChI=1S/C6H9N3O/c1-2-4-3-5(7)9-6(10)8-4/h3H,2H2,1H3,(H3,7,8,9,10).